The third-order valence-corrected chi connectivity index (χ3v) is 4.78. The van der Waals surface area contributed by atoms with E-state index in [0.29, 0.717) is 35.8 Å². The van der Waals surface area contributed by atoms with Crippen LogP contribution in [0.15, 0.2) is 47.0 Å². The Hall–Kier alpha value is -4.09. The van der Waals surface area contributed by atoms with E-state index in [1.165, 1.54) is 29.3 Å². The van der Waals surface area contributed by atoms with Gasteiger partial charge in [-0.3, -0.25) is 4.98 Å². The molecule has 0 bridgehead atoms. The third-order valence-electron chi connectivity index (χ3n) is 4.78. The smallest absolute Gasteiger partial charge is 0.506 e. The molecule has 0 saturated carbocycles. The number of hydrogen-bond acceptors (Lipinski definition) is 7. The normalized spacial score (nSPS) is 14.1. The Bertz CT molecular complexity index is 1190. The molecular weight excluding hydrogens is 443 g/mol. The largest absolute Gasteiger partial charge is 0.573 e. The van der Waals surface area contributed by atoms with Crippen molar-refractivity contribution in [1.29, 1.82) is 0 Å². The molecule has 1 aromatic carbocycles. The maximum atomic E-state index is 12.5. The molecule has 3 aromatic rings. The SMILES string of the molecule is Cc1nnc(-c2cnc(C3=CCN(C(=O)Nc4ccc(OC(F)(F)F)cc4)CC3)c(O)c2)o1. The number of hydrogen-bond donors (Lipinski definition) is 2. The van der Waals surface area contributed by atoms with Crippen molar-refractivity contribution in [2.75, 3.05) is 18.4 Å². The summed E-state index contributed by atoms with van der Waals surface area (Å²) in [7, 11) is 0. The van der Waals surface area contributed by atoms with Crippen LogP contribution in [0.5, 0.6) is 11.5 Å². The molecule has 0 atom stereocenters. The number of benzene rings is 1. The van der Waals surface area contributed by atoms with Crippen LogP contribution >= 0.6 is 0 Å². The molecule has 9 nitrogen and oxygen atoms in total. The quantitative estimate of drug-likeness (QED) is 0.593. The van der Waals surface area contributed by atoms with E-state index in [1.807, 2.05) is 0 Å². The molecule has 0 aliphatic carbocycles. The molecule has 0 unspecified atom stereocenters. The van der Waals surface area contributed by atoms with E-state index in [1.54, 1.807) is 13.0 Å². The molecule has 4 rings (SSSR count). The summed E-state index contributed by atoms with van der Waals surface area (Å²) in [6, 6.07) is 5.95. The number of anilines is 1. The van der Waals surface area contributed by atoms with Gasteiger partial charge in [-0.2, -0.15) is 0 Å². The van der Waals surface area contributed by atoms with Crippen molar-refractivity contribution in [2.45, 2.75) is 19.7 Å². The van der Waals surface area contributed by atoms with Crippen LogP contribution in [0.1, 0.15) is 18.0 Å². The molecule has 0 fully saturated rings. The standard InChI is InChI=1S/C21H18F3N5O4/c1-12-27-28-19(32-12)14-10-17(30)18(25-11-14)13-6-8-29(9-7-13)20(31)26-15-2-4-16(5-3-15)33-21(22,23)24/h2-6,10-11,30H,7-9H2,1H3,(H,26,31). The predicted molar refractivity (Wildman–Crippen MR) is 110 cm³/mol. The van der Waals surface area contributed by atoms with Gasteiger partial charge >= 0.3 is 12.4 Å². The van der Waals surface area contributed by atoms with Gasteiger partial charge in [0.1, 0.15) is 17.2 Å². The molecule has 12 heteroatoms. The summed E-state index contributed by atoms with van der Waals surface area (Å²) in [5.74, 6) is 0.222. The summed E-state index contributed by atoms with van der Waals surface area (Å²) in [4.78, 5) is 18.3. The van der Waals surface area contributed by atoms with Crippen molar-refractivity contribution >= 4 is 17.3 Å². The Kier molecular flexibility index (Phi) is 5.90. The van der Waals surface area contributed by atoms with E-state index >= 15 is 0 Å². The number of aromatic hydroxyl groups is 1. The molecule has 2 N–H and O–H groups in total. The first kappa shape index (κ1) is 22.1. The van der Waals surface area contributed by atoms with Gasteiger partial charge in [0.15, 0.2) is 0 Å². The first-order chi connectivity index (χ1) is 15.7. The van der Waals surface area contributed by atoms with Gasteiger partial charge in [-0.15, -0.1) is 23.4 Å². The van der Waals surface area contributed by atoms with Crippen molar-refractivity contribution in [2.24, 2.45) is 0 Å². The summed E-state index contributed by atoms with van der Waals surface area (Å²) < 4.78 is 45.9. The van der Waals surface area contributed by atoms with Crippen LogP contribution in [0, 0.1) is 6.92 Å². The fraction of sp³-hybridized carbons (Fsp3) is 0.238. The fourth-order valence-electron chi connectivity index (χ4n) is 3.24. The highest BCUT2D eigenvalue weighted by Gasteiger charge is 2.31. The molecule has 0 saturated heterocycles. The number of halogens is 3. The molecule has 1 aliphatic rings. The first-order valence-corrected chi connectivity index (χ1v) is 9.78. The number of amides is 2. The summed E-state index contributed by atoms with van der Waals surface area (Å²) >= 11 is 0. The number of ether oxygens (including phenoxy) is 1. The highest BCUT2D eigenvalue weighted by molar-refractivity contribution is 5.90. The van der Waals surface area contributed by atoms with E-state index in [-0.39, 0.29) is 23.9 Å². The van der Waals surface area contributed by atoms with Gasteiger partial charge in [-0.1, -0.05) is 6.08 Å². The minimum atomic E-state index is -4.78. The van der Waals surface area contributed by atoms with Crippen molar-refractivity contribution < 1.29 is 32.2 Å². The molecular formula is C21H18F3N5O4. The summed E-state index contributed by atoms with van der Waals surface area (Å²) in [5.41, 5.74) is 1.99. The zero-order valence-electron chi connectivity index (χ0n) is 17.3. The van der Waals surface area contributed by atoms with Crippen molar-refractivity contribution in [1.82, 2.24) is 20.1 Å². The second-order valence-electron chi connectivity index (χ2n) is 7.15. The zero-order chi connectivity index (χ0) is 23.6. The number of nitrogens with one attached hydrogen (secondary N) is 1. The number of aromatic nitrogens is 3. The van der Waals surface area contributed by atoms with Crippen LogP contribution in [0.2, 0.25) is 0 Å². The summed E-state index contributed by atoms with van der Waals surface area (Å²) in [6.45, 7) is 2.28. The molecule has 172 valence electrons. The highest BCUT2D eigenvalue weighted by atomic mass is 19.4. The van der Waals surface area contributed by atoms with Crippen LogP contribution in [-0.4, -0.2) is 50.7 Å². The molecule has 2 amide bonds. The number of rotatable bonds is 4. The van der Waals surface area contributed by atoms with E-state index < -0.39 is 12.4 Å². The number of carbonyl (C=O) groups excluding carboxylic acids is 1. The predicted octanol–water partition coefficient (Wildman–Crippen LogP) is 4.37. The van der Waals surface area contributed by atoms with Crippen LogP contribution in [0.3, 0.4) is 0 Å². The number of nitrogens with zero attached hydrogens (tertiary/aromatic N) is 4. The Morgan fingerprint density at radius 2 is 2.00 bits per heavy atom. The lowest BCUT2D eigenvalue weighted by Crippen LogP contribution is -2.37. The Morgan fingerprint density at radius 1 is 1.24 bits per heavy atom. The van der Waals surface area contributed by atoms with Crippen molar-refractivity contribution in [3.8, 4) is 23.0 Å². The molecule has 3 heterocycles. The molecule has 0 radical (unpaired) electrons. The minimum Gasteiger partial charge on any atom is -0.506 e. The second-order valence-corrected chi connectivity index (χ2v) is 7.15. The first-order valence-electron chi connectivity index (χ1n) is 9.78. The molecule has 2 aromatic heterocycles. The second kappa shape index (κ2) is 8.81. The lowest BCUT2D eigenvalue weighted by atomic mass is 10.0. The van der Waals surface area contributed by atoms with Crippen molar-refractivity contribution in [3.05, 3.63) is 54.2 Å². The van der Waals surface area contributed by atoms with Crippen molar-refractivity contribution in [3.63, 3.8) is 0 Å². The van der Waals surface area contributed by atoms with Gasteiger partial charge in [0, 0.05) is 31.9 Å². The average Bonchev–Trinajstić information content (AvgIpc) is 3.20. The third kappa shape index (κ3) is 5.40. The topological polar surface area (TPSA) is 114 Å². The lowest BCUT2D eigenvalue weighted by molar-refractivity contribution is -0.274. The Balaban J connectivity index is 1.38. The number of pyridine rings is 1. The number of alkyl halides is 3. The summed E-state index contributed by atoms with van der Waals surface area (Å²) in [5, 5.41) is 20.7. The van der Waals surface area contributed by atoms with E-state index in [9.17, 15) is 23.1 Å². The van der Waals surface area contributed by atoms with Gasteiger partial charge in [-0.25, -0.2) is 4.79 Å². The molecule has 33 heavy (non-hydrogen) atoms. The molecule has 1 aliphatic heterocycles. The van der Waals surface area contributed by atoms with E-state index in [2.05, 4.69) is 25.2 Å². The number of aryl methyl sites for hydroxylation is 1. The maximum absolute atomic E-state index is 12.5. The van der Waals surface area contributed by atoms with Gasteiger partial charge in [-0.05, 0) is 42.3 Å². The van der Waals surface area contributed by atoms with Crippen LogP contribution in [0.25, 0.3) is 17.0 Å². The average molecular weight is 461 g/mol. The van der Waals surface area contributed by atoms with Crippen LogP contribution < -0.4 is 10.1 Å². The van der Waals surface area contributed by atoms with Gasteiger partial charge in [0.2, 0.25) is 11.8 Å². The van der Waals surface area contributed by atoms with Gasteiger partial charge < -0.3 is 24.5 Å². The van der Waals surface area contributed by atoms with Crippen LogP contribution in [-0.2, 0) is 0 Å². The number of carbonyl (C=O) groups is 1. The van der Waals surface area contributed by atoms with Gasteiger partial charge in [0.05, 0.1) is 5.56 Å². The minimum absolute atomic E-state index is 0.0475. The number of urea groups is 1. The maximum Gasteiger partial charge on any atom is 0.573 e. The Morgan fingerprint density at radius 3 is 2.58 bits per heavy atom. The fourth-order valence-corrected chi connectivity index (χ4v) is 3.24. The zero-order valence-corrected chi connectivity index (χ0v) is 17.3. The lowest BCUT2D eigenvalue weighted by Gasteiger charge is -2.26. The Labute approximate surface area is 185 Å². The van der Waals surface area contributed by atoms with Gasteiger partial charge in [0.25, 0.3) is 0 Å². The van der Waals surface area contributed by atoms with E-state index in [4.69, 9.17) is 4.42 Å². The van der Waals surface area contributed by atoms with Crippen LogP contribution in [0.4, 0.5) is 23.7 Å². The van der Waals surface area contributed by atoms with E-state index in [0.717, 1.165) is 17.7 Å². The highest BCUT2D eigenvalue weighted by Crippen LogP contribution is 2.31. The summed E-state index contributed by atoms with van der Waals surface area (Å²) in [6.07, 6.45) is -1.03. The molecule has 0 spiro atoms. The monoisotopic (exact) mass is 461 g/mol.